The maximum absolute atomic E-state index is 13.2. The highest BCUT2D eigenvalue weighted by Gasteiger charge is 2.23. The number of hydrogen-bond acceptors (Lipinski definition) is 9. The molecule has 11 nitrogen and oxygen atoms in total. The molecule has 1 amide bonds. The number of nitrogens with one attached hydrogen (secondary N) is 3. The van der Waals surface area contributed by atoms with Gasteiger partial charge >= 0.3 is 0 Å². The van der Waals surface area contributed by atoms with Gasteiger partial charge in [-0.05, 0) is 24.3 Å². The minimum atomic E-state index is -0.446. The number of para-hydroxylation sites is 1. The average molecular weight is 460 g/mol. The first kappa shape index (κ1) is 21.2. The van der Waals surface area contributed by atoms with Crippen molar-refractivity contribution in [2.24, 2.45) is 0 Å². The zero-order valence-corrected chi connectivity index (χ0v) is 18.4. The molecule has 0 saturated carbocycles. The number of aromatic nitrogens is 6. The van der Waals surface area contributed by atoms with Gasteiger partial charge in [0, 0.05) is 38.8 Å². The summed E-state index contributed by atoms with van der Waals surface area (Å²) in [6, 6.07) is 10.2. The standard InChI is InChI=1S/C22H21FN10O/c1-24-22(34)19-16(10-18(29-30-19)28-17-7-6-13(23)11-25-17)27-15-5-3-4-14-20(15)32(2)8-9-33-12-26-31-21(14)33/h3-7,10-12H,8-9H2,1-2H3,(H,24,34)(H2,25,27,28,29). The van der Waals surface area contributed by atoms with Crippen molar-refractivity contribution >= 4 is 34.6 Å². The summed E-state index contributed by atoms with van der Waals surface area (Å²) in [5.41, 5.74) is 3.16. The molecular weight excluding hydrogens is 439 g/mol. The van der Waals surface area contributed by atoms with E-state index in [0.29, 0.717) is 17.3 Å². The zero-order valence-electron chi connectivity index (χ0n) is 18.4. The minimum Gasteiger partial charge on any atom is -0.371 e. The third-order valence-electron chi connectivity index (χ3n) is 5.44. The predicted octanol–water partition coefficient (Wildman–Crippen LogP) is 2.57. The summed E-state index contributed by atoms with van der Waals surface area (Å²) in [4.78, 5) is 18.6. The van der Waals surface area contributed by atoms with Gasteiger partial charge < -0.3 is 25.4 Å². The van der Waals surface area contributed by atoms with Gasteiger partial charge in [0.15, 0.2) is 17.3 Å². The SMILES string of the molecule is CNC(=O)c1nnc(Nc2ccc(F)cn2)cc1Nc1cccc2c1N(C)CCn1cnnc1-2. The van der Waals surface area contributed by atoms with E-state index in [4.69, 9.17) is 0 Å². The lowest BCUT2D eigenvalue weighted by Crippen LogP contribution is -2.23. The Morgan fingerprint density at radius 2 is 1.91 bits per heavy atom. The lowest BCUT2D eigenvalue weighted by Gasteiger charge is -2.23. The molecule has 1 aliphatic heterocycles. The molecule has 4 aromatic rings. The number of carbonyl (C=O) groups excluding carboxylic acids is 1. The van der Waals surface area contributed by atoms with Gasteiger partial charge in [0.05, 0.1) is 23.3 Å². The van der Waals surface area contributed by atoms with Gasteiger partial charge in [0.2, 0.25) is 0 Å². The Bertz CT molecular complexity index is 1350. The number of halogens is 1. The molecule has 4 heterocycles. The van der Waals surface area contributed by atoms with Crippen LogP contribution in [0.4, 0.5) is 33.1 Å². The highest BCUT2D eigenvalue weighted by Crippen LogP contribution is 2.39. The topological polar surface area (TPSA) is 126 Å². The number of rotatable bonds is 5. The largest absolute Gasteiger partial charge is 0.371 e. The lowest BCUT2D eigenvalue weighted by molar-refractivity contribution is 0.0958. The van der Waals surface area contributed by atoms with Crippen LogP contribution in [0.3, 0.4) is 0 Å². The first-order chi connectivity index (χ1) is 16.5. The molecule has 0 fully saturated rings. The number of fused-ring (bicyclic) bond motifs is 3. The Morgan fingerprint density at radius 3 is 2.71 bits per heavy atom. The third-order valence-corrected chi connectivity index (χ3v) is 5.44. The average Bonchev–Trinajstić information content (AvgIpc) is 3.27. The molecule has 0 atom stereocenters. The van der Waals surface area contributed by atoms with Gasteiger partial charge in [-0.2, -0.15) is 0 Å². The van der Waals surface area contributed by atoms with E-state index >= 15 is 0 Å². The van der Waals surface area contributed by atoms with Crippen molar-refractivity contribution in [3.63, 3.8) is 0 Å². The van der Waals surface area contributed by atoms with E-state index in [2.05, 4.69) is 46.2 Å². The summed E-state index contributed by atoms with van der Waals surface area (Å²) in [5.74, 6) is 0.661. The van der Waals surface area contributed by atoms with Crippen molar-refractivity contribution in [3.05, 3.63) is 60.4 Å². The molecule has 1 aromatic carbocycles. The number of likely N-dealkylation sites (N-methyl/N-ethyl adjacent to an activating group) is 1. The maximum atomic E-state index is 13.2. The fraction of sp³-hybridized carbons (Fsp3) is 0.182. The van der Waals surface area contributed by atoms with Crippen molar-refractivity contribution in [1.82, 2.24) is 35.3 Å². The molecule has 3 N–H and O–H groups in total. The van der Waals surface area contributed by atoms with Gasteiger partial charge in [-0.3, -0.25) is 4.79 Å². The Morgan fingerprint density at radius 1 is 1.03 bits per heavy atom. The summed E-state index contributed by atoms with van der Waals surface area (Å²) in [5, 5.41) is 25.4. The number of benzene rings is 1. The predicted molar refractivity (Wildman–Crippen MR) is 125 cm³/mol. The van der Waals surface area contributed by atoms with Crippen molar-refractivity contribution < 1.29 is 9.18 Å². The van der Waals surface area contributed by atoms with E-state index in [9.17, 15) is 9.18 Å². The van der Waals surface area contributed by atoms with Gasteiger partial charge in [0.25, 0.3) is 5.91 Å². The Hall–Kier alpha value is -4.61. The maximum Gasteiger partial charge on any atom is 0.273 e. The van der Waals surface area contributed by atoms with Crippen LogP contribution in [-0.2, 0) is 6.54 Å². The quantitative estimate of drug-likeness (QED) is 0.412. The Kier molecular flexibility index (Phi) is 5.46. The van der Waals surface area contributed by atoms with Crippen LogP contribution in [0, 0.1) is 5.82 Å². The van der Waals surface area contributed by atoms with Crippen LogP contribution in [0.2, 0.25) is 0 Å². The van der Waals surface area contributed by atoms with E-state index in [1.807, 2.05) is 29.8 Å². The van der Waals surface area contributed by atoms with Crippen LogP contribution in [-0.4, -0.2) is 56.5 Å². The minimum absolute atomic E-state index is 0.122. The molecule has 1 aliphatic rings. The molecule has 3 aromatic heterocycles. The van der Waals surface area contributed by atoms with Crippen molar-refractivity contribution in [3.8, 4) is 11.4 Å². The monoisotopic (exact) mass is 460 g/mol. The highest BCUT2D eigenvalue weighted by molar-refractivity contribution is 5.99. The molecule has 12 heteroatoms. The van der Waals surface area contributed by atoms with Crippen LogP contribution < -0.4 is 20.9 Å². The molecule has 0 spiro atoms. The summed E-state index contributed by atoms with van der Waals surface area (Å²) in [6.07, 6.45) is 2.82. The second-order valence-corrected chi connectivity index (χ2v) is 7.65. The smallest absolute Gasteiger partial charge is 0.273 e. The molecular formula is C22H21FN10O. The fourth-order valence-corrected chi connectivity index (χ4v) is 3.79. The summed E-state index contributed by atoms with van der Waals surface area (Å²) in [6.45, 7) is 1.49. The molecule has 172 valence electrons. The van der Waals surface area contributed by atoms with E-state index < -0.39 is 11.7 Å². The van der Waals surface area contributed by atoms with E-state index in [-0.39, 0.29) is 5.69 Å². The van der Waals surface area contributed by atoms with Gasteiger partial charge in [-0.25, -0.2) is 9.37 Å². The van der Waals surface area contributed by atoms with Gasteiger partial charge in [-0.1, -0.05) is 6.07 Å². The fourth-order valence-electron chi connectivity index (χ4n) is 3.79. The lowest BCUT2D eigenvalue weighted by atomic mass is 10.1. The Balaban J connectivity index is 1.56. The van der Waals surface area contributed by atoms with Crippen LogP contribution in [0.25, 0.3) is 11.4 Å². The second kappa shape index (κ2) is 8.73. The molecule has 0 bridgehead atoms. The number of pyridine rings is 1. The highest BCUT2D eigenvalue weighted by atomic mass is 19.1. The number of anilines is 5. The summed E-state index contributed by atoms with van der Waals surface area (Å²) >= 11 is 0. The normalized spacial score (nSPS) is 12.4. The van der Waals surface area contributed by atoms with E-state index in [1.165, 1.54) is 19.2 Å². The molecule has 0 saturated heterocycles. The van der Waals surface area contributed by atoms with Gasteiger partial charge in [-0.15, -0.1) is 20.4 Å². The number of nitrogens with zero attached hydrogens (tertiary/aromatic N) is 7. The molecule has 34 heavy (non-hydrogen) atoms. The first-order valence-corrected chi connectivity index (χ1v) is 10.5. The number of hydrogen-bond donors (Lipinski definition) is 3. The van der Waals surface area contributed by atoms with E-state index in [0.717, 1.165) is 42.0 Å². The Labute approximate surface area is 194 Å². The summed E-state index contributed by atoms with van der Waals surface area (Å²) in [7, 11) is 3.53. The van der Waals surface area contributed by atoms with Crippen LogP contribution >= 0.6 is 0 Å². The van der Waals surface area contributed by atoms with Crippen molar-refractivity contribution in [1.29, 1.82) is 0 Å². The molecule has 0 unspecified atom stereocenters. The van der Waals surface area contributed by atoms with Gasteiger partial charge in [0.1, 0.15) is 18.0 Å². The van der Waals surface area contributed by atoms with Crippen molar-refractivity contribution in [2.45, 2.75) is 6.54 Å². The number of carbonyl (C=O) groups is 1. The van der Waals surface area contributed by atoms with Crippen molar-refractivity contribution in [2.75, 3.05) is 36.2 Å². The van der Waals surface area contributed by atoms with Crippen LogP contribution in [0.15, 0.2) is 48.9 Å². The second-order valence-electron chi connectivity index (χ2n) is 7.65. The first-order valence-electron chi connectivity index (χ1n) is 10.5. The molecule has 5 rings (SSSR count). The third kappa shape index (κ3) is 3.96. The van der Waals surface area contributed by atoms with Crippen LogP contribution in [0.5, 0.6) is 0 Å². The van der Waals surface area contributed by atoms with Crippen LogP contribution in [0.1, 0.15) is 10.5 Å². The number of amides is 1. The summed E-state index contributed by atoms with van der Waals surface area (Å²) < 4.78 is 15.2. The zero-order chi connectivity index (χ0) is 23.7. The molecule has 0 radical (unpaired) electrons. The molecule has 0 aliphatic carbocycles. The van der Waals surface area contributed by atoms with E-state index in [1.54, 1.807) is 12.4 Å².